The maximum atomic E-state index is 12.5. The molecule has 0 spiro atoms. The van der Waals surface area contributed by atoms with E-state index in [-0.39, 0.29) is 24.1 Å². The fourth-order valence-electron chi connectivity index (χ4n) is 2.84. The average Bonchev–Trinajstić information content (AvgIpc) is 2.67. The highest BCUT2D eigenvalue weighted by molar-refractivity contribution is 6.31. The standard InChI is InChI=1S/C20H21ClN4O3/c1-12(19-23-15-7-5-4-6-14(15)20(27)24-19)25(2)11-18(26)22-16-10-13(21)8-9-17(16)28-3/h4-10,12H,11H2,1-3H3,(H,22,26)(H,23,24,27)/t12-/m1/s1. The Morgan fingerprint density at radius 2 is 2.07 bits per heavy atom. The normalized spacial score (nSPS) is 12.2. The van der Waals surface area contributed by atoms with Crippen molar-refractivity contribution >= 4 is 34.1 Å². The van der Waals surface area contributed by atoms with Crippen molar-refractivity contribution < 1.29 is 9.53 Å². The molecular formula is C20H21ClN4O3. The molecule has 1 amide bonds. The Kier molecular flexibility index (Phi) is 5.96. The van der Waals surface area contributed by atoms with Gasteiger partial charge in [-0.05, 0) is 44.3 Å². The van der Waals surface area contributed by atoms with Crippen molar-refractivity contribution in [3.63, 3.8) is 0 Å². The Morgan fingerprint density at radius 1 is 1.32 bits per heavy atom. The van der Waals surface area contributed by atoms with Gasteiger partial charge >= 0.3 is 0 Å². The van der Waals surface area contributed by atoms with Crippen LogP contribution >= 0.6 is 11.6 Å². The van der Waals surface area contributed by atoms with Crippen molar-refractivity contribution in [3.05, 3.63) is 63.7 Å². The number of nitrogens with zero attached hydrogens (tertiary/aromatic N) is 2. The molecule has 0 saturated carbocycles. The molecule has 1 atom stereocenters. The van der Waals surface area contributed by atoms with Gasteiger partial charge in [-0.1, -0.05) is 23.7 Å². The number of hydrogen-bond acceptors (Lipinski definition) is 5. The Hall–Kier alpha value is -2.90. The molecule has 146 valence electrons. The maximum absolute atomic E-state index is 12.5. The molecule has 3 rings (SSSR count). The number of hydrogen-bond donors (Lipinski definition) is 2. The number of ether oxygens (including phenoxy) is 1. The number of para-hydroxylation sites is 1. The van der Waals surface area contributed by atoms with Gasteiger partial charge in [-0.15, -0.1) is 0 Å². The molecule has 8 heteroatoms. The lowest BCUT2D eigenvalue weighted by molar-refractivity contribution is -0.117. The van der Waals surface area contributed by atoms with Crippen LogP contribution in [0, 0.1) is 0 Å². The molecule has 0 fully saturated rings. The number of fused-ring (bicyclic) bond motifs is 1. The van der Waals surface area contributed by atoms with Gasteiger partial charge in [0.2, 0.25) is 5.91 Å². The molecule has 1 aromatic heterocycles. The third kappa shape index (κ3) is 4.32. The van der Waals surface area contributed by atoms with Crippen LogP contribution in [0.1, 0.15) is 18.8 Å². The highest BCUT2D eigenvalue weighted by atomic mass is 35.5. The third-order valence-corrected chi connectivity index (χ3v) is 4.75. The van der Waals surface area contributed by atoms with E-state index < -0.39 is 0 Å². The summed E-state index contributed by atoms with van der Waals surface area (Å²) in [6.45, 7) is 1.97. The minimum Gasteiger partial charge on any atom is -0.495 e. The lowest BCUT2D eigenvalue weighted by Crippen LogP contribution is -2.33. The summed E-state index contributed by atoms with van der Waals surface area (Å²) in [5, 5.41) is 3.83. The molecule has 0 bridgehead atoms. The fourth-order valence-corrected chi connectivity index (χ4v) is 3.01. The molecule has 3 aromatic rings. The summed E-state index contributed by atoms with van der Waals surface area (Å²) in [6, 6.07) is 11.9. The highest BCUT2D eigenvalue weighted by Gasteiger charge is 2.19. The number of likely N-dealkylation sites (N-methyl/N-ethyl adjacent to an activating group) is 1. The summed E-state index contributed by atoms with van der Waals surface area (Å²) >= 11 is 6.00. The summed E-state index contributed by atoms with van der Waals surface area (Å²) in [4.78, 5) is 33.9. The van der Waals surface area contributed by atoms with Gasteiger partial charge < -0.3 is 15.0 Å². The first-order chi connectivity index (χ1) is 13.4. The Labute approximate surface area is 167 Å². The summed E-state index contributed by atoms with van der Waals surface area (Å²) in [7, 11) is 3.31. The number of anilines is 1. The van der Waals surface area contributed by atoms with Crippen molar-refractivity contribution in [3.8, 4) is 5.75 Å². The predicted molar refractivity (Wildman–Crippen MR) is 110 cm³/mol. The number of aromatic amines is 1. The number of halogens is 1. The van der Waals surface area contributed by atoms with E-state index in [1.54, 1.807) is 48.3 Å². The zero-order chi connectivity index (χ0) is 20.3. The quantitative estimate of drug-likeness (QED) is 0.663. The fraction of sp³-hybridized carbons (Fsp3) is 0.250. The van der Waals surface area contributed by atoms with Crippen LogP contribution in [-0.2, 0) is 4.79 Å². The lowest BCUT2D eigenvalue weighted by Gasteiger charge is -2.23. The van der Waals surface area contributed by atoms with Gasteiger partial charge in [-0.2, -0.15) is 0 Å². The monoisotopic (exact) mass is 400 g/mol. The minimum absolute atomic E-state index is 0.0906. The Balaban J connectivity index is 1.74. The summed E-state index contributed by atoms with van der Waals surface area (Å²) in [6.07, 6.45) is 0. The van der Waals surface area contributed by atoms with Gasteiger partial charge in [0, 0.05) is 5.02 Å². The second-order valence-electron chi connectivity index (χ2n) is 6.45. The molecule has 0 radical (unpaired) electrons. The number of carbonyl (C=O) groups excluding carboxylic acids is 1. The van der Waals surface area contributed by atoms with E-state index in [0.29, 0.717) is 33.2 Å². The number of amides is 1. The molecule has 1 heterocycles. The number of nitrogens with one attached hydrogen (secondary N) is 2. The topological polar surface area (TPSA) is 87.3 Å². The molecule has 2 N–H and O–H groups in total. The highest BCUT2D eigenvalue weighted by Crippen LogP contribution is 2.27. The molecule has 7 nitrogen and oxygen atoms in total. The van der Waals surface area contributed by atoms with Crippen LogP contribution in [0.3, 0.4) is 0 Å². The van der Waals surface area contributed by atoms with E-state index in [4.69, 9.17) is 16.3 Å². The Morgan fingerprint density at radius 3 is 2.82 bits per heavy atom. The van der Waals surface area contributed by atoms with E-state index in [1.165, 1.54) is 7.11 Å². The van der Waals surface area contributed by atoms with Crippen LogP contribution in [0.2, 0.25) is 5.02 Å². The second kappa shape index (κ2) is 8.41. The van der Waals surface area contributed by atoms with Gasteiger partial charge in [0.15, 0.2) is 0 Å². The zero-order valence-electron chi connectivity index (χ0n) is 15.8. The average molecular weight is 401 g/mol. The first-order valence-electron chi connectivity index (χ1n) is 8.71. The first-order valence-corrected chi connectivity index (χ1v) is 9.09. The second-order valence-corrected chi connectivity index (χ2v) is 6.89. The first kappa shape index (κ1) is 19.9. The predicted octanol–water partition coefficient (Wildman–Crippen LogP) is 3.22. The van der Waals surface area contributed by atoms with Crippen LogP contribution in [0.4, 0.5) is 5.69 Å². The van der Waals surface area contributed by atoms with Crippen LogP contribution in [-0.4, -0.2) is 41.5 Å². The largest absolute Gasteiger partial charge is 0.495 e. The SMILES string of the molecule is COc1ccc(Cl)cc1NC(=O)CN(C)[C@H](C)c1nc2ccccc2c(=O)[nH]1. The molecule has 0 saturated heterocycles. The van der Waals surface area contributed by atoms with Crippen LogP contribution in [0.15, 0.2) is 47.3 Å². The molecule has 0 aliphatic rings. The number of carbonyl (C=O) groups is 1. The van der Waals surface area contributed by atoms with Crippen molar-refractivity contribution in [2.24, 2.45) is 0 Å². The minimum atomic E-state index is -0.274. The van der Waals surface area contributed by atoms with Gasteiger partial charge in [0.25, 0.3) is 5.56 Å². The number of rotatable bonds is 6. The van der Waals surface area contributed by atoms with E-state index in [2.05, 4.69) is 15.3 Å². The summed E-state index contributed by atoms with van der Waals surface area (Å²) in [5.41, 5.74) is 0.918. The lowest BCUT2D eigenvalue weighted by atomic mass is 10.2. The summed E-state index contributed by atoms with van der Waals surface area (Å²) in [5.74, 6) is 0.784. The third-order valence-electron chi connectivity index (χ3n) is 4.52. The van der Waals surface area contributed by atoms with Crippen LogP contribution in [0.25, 0.3) is 10.9 Å². The van der Waals surface area contributed by atoms with Gasteiger partial charge in [0.05, 0.1) is 36.3 Å². The summed E-state index contributed by atoms with van der Waals surface area (Å²) < 4.78 is 5.24. The molecule has 2 aromatic carbocycles. The smallest absolute Gasteiger partial charge is 0.258 e. The Bertz CT molecular complexity index is 1070. The molecular weight excluding hydrogens is 380 g/mol. The van der Waals surface area contributed by atoms with Crippen molar-refractivity contribution in [1.29, 1.82) is 0 Å². The molecule has 0 aliphatic heterocycles. The zero-order valence-corrected chi connectivity index (χ0v) is 16.6. The number of aromatic nitrogens is 2. The van der Waals surface area contributed by atoms with Gasteiger partial charge in [0.1, 0.15) is 11.6 Å². The van der Waals surface area contributed by atoms with E-state index >= 15 is 0 Å². The van der Waals surface area contributed by atoms with E-state index in [0.717, 1.165) is 0 Å². The van der Waals surface area contributed by atoms with E-state index in [1.807, 2.05) is 13.0 Å². The molecule has 0 unspecified atom stereocenters. The van der Waals surface area contributed by atoms with Crippen molar-refractivity contribution in [2.75, 3.05) is 26.0 Å². The van der Waals surface area contributed by atoms with Crippen LogP contribution in [0.5, 0.6) is 5.75 Å². The number of H-pyrrole nitrogens is 1. The number of methoxy groups -OCH3 is 1. The van der Waals surface area contributed by atoms with Crippen molar-refractivity contribution in [1.82, 2.24) is 14.9 Å². The maximum Gasteiger partial charge on any atom is 0.258 e. The van der Waals surface area contributed by atoms with Crippen LogP contribution < -0.4 is 15.6 Å². The van der Waals surface area contributed by atoms with Gasteiger partial charge in [-0.25, -0.2) is 4.98 Å². The van der Waals surface area contributed by atoms with E-state index in [9.17, 15) is 9.59 Å². The molecule has 28 heavy (non-hydrogen) atoms. The number of benzene rings is 2. The molecule has 0 aliphatic carbocycles. The van der Waals surface area contributed by atoms with Crippen molar-refractivity contribution in [2.45, 2.75) is 13.0 Å². The van der Waals surface area contributed by atoms with Gasteiger partial charge in [-0.3, -0.25) is 14.5 Å².